The maximum Gasteiger partial charge on any atom is 0.274 e. The first-order valence-corrected chi connectivity index (χ1v) is 6.98. The van der Waals surface area contributed by atoms with Crippen LogP contribution in [0.5, 0.6) is 0 Å². The number of hydrogen-bond acceptors (Lipinski definition) is 2. The highest BCUT2D eigenvalue weighted by Crippen LogP contribution is 2.25. The summed E-state index contributed by atoms with van der Waals surface area (Å²) in [6.07, 6.45) is 4.25. The van der Waals surface area contributed by atoms with Crippen molar-refractivity contribution in [1.29, 1.82) is 0 Å². The van der Waals surface area contributed by atoms with E-state index in [9.17, 15) is 4.79 Å². The predicted molar refractivity (Wildman–Crippen MR) is 71.5 cm³/mol. The minimum atomic E-state index is 0.0878. The van der Waals surface area contributed by atoms with Gasteiger partial charge in [-0.2, -0.15) is 5.10 Å². The molecule has 4 nitrogen and oxygen atoms in total. The summed E-state index contributed by atoms with van der Waals surface area (Å²) < 4.78 is 0. The highest BCUT2D eigenvalue weighted by molar-refractivity contribution is 5.92. The quantitative estimate of drug-likeness (QED) is 0.891. The highest BCUT2D eigenvalue weighted by atomic mass is 16.2. The number of nitrogens with one attached hydrogen (secondary N) is 1. The van der Waals surface area contributed by atoms with Crippen LogP contribution in [0.3, 0.4) is 0 Å². The van der Waals surface area contributed by atoms with Crippen LogP contribution in [0.4, 0.5) is 0 Å². The van der Waals surface area contributed by atoms with Gasteiger partial charge in [-0.05, 0) is 31.2 Å². The van der Waals surface area contributed by atoms with E-state index in [1.54, 1.807) is 0 Å². The van der Waals surface area contributed by atoms with Crippen LogP contribution in [0.25, 0.3) is 0 Å². The minimum Gasteiger partial charge on any atom is -0.334 e. The van der Waals surface area contributed by atoms with Gasteiger partial charge in [0.05, 0.1) is 0 Å². The molecule has 100 valence electrons. The molecular formula is C14H23N3O. The smallest absolute Gasteiger partial charge is 0.274 e. The maximum absolute atomic E-state index is 12.4. The van der Waals surface area contributed by atoms with Crippen LogP contribution in [0.1, 0.15) is 56.2 Å². The molecule has 1 fully saturated rings. The second-order valence-corrected chi connectivity index (χ2v) is 5.48. The van der Waals surface area contributed by atoms with Gasteiger partial charge in [0.15, 0.2) is 0 Å². The molecule has 0 bridgehead atoms. The van der Waals surface area contributed by atoms with Crippen LogP contribution in [-0.2, 0) is 6.42 Å². The fourth-order valence-electron chi connectivity index (χ4n) is 2.75. The van der Waals surface area contributed by atoms with Gasteiger partial charge < -0.3 is 4.90 Å². The summed E-state index contributed by atoms with van der Waals surface area (Å²) in [6.45, 7) is 7.36. The van der Waals surface area contributed by atoms with E-state index in [0.717, 1.165) is 37.9 Å². The number of hydrogen-bond donors (Lipinski definition) is 1. The molecule has 0 saturated carbocycles. The molecule has 18 heavy (non-hydrogen) atoms. The number of carbonyl (C=O) groups excluding carboxylic acids is 1. The molecule has 1 amide bonds. The molecule has 0 aliphatic carbocycles. The number of likely N-dealkylation sites (tertiary alicyclic amines) is 1. The van der Waals surface area contributed by atoms with E-state index < -0.39 is 0 Å². The zero-order valence-corrected chi connectivity index (χ0v) is 11.6. The van der Waals surface area contributed by atoms with E-state index in [4.69, 9.17) is 0 Å². The lowest BCUT2D eigenvalue weighted by Gasteiger charge is -2.26. The Morgan fingerprint density at radius 3 is 3.06 bits per heavy atom. The van der Waals surface area contributed by atoms with Crippen molar-refractivity contribution in [3.05, 3.63) is 17.5 Å². The van der Waals surface area contributed by atoms with Gasteiger partial charge >= 0.3 is 0 Å². The Labute approximate surface area is 109 Å². The molecule has 1 atom stereocenters. The molecular weight excluding hydrogens is 226 g/mol. The number of aromatic amines is 1. The topological polar surface area (TPSA) is 49.0 Å². The van der Waals surface area contributed by atoms with Gasteiger partial charge in [-0.1, -0.05) is 27.2 Å². The lowest BCUT2D eigenvalue weighted by atomic mass is 10.0. The molecule has 2 heterocycles. The fourth-order valence-corrected chi connectivity index (χ4v) is 2.75. The van der Waals surface area contributed by atoms with Crippen LogP contribution in [-0.4, -0.2) is 33.6 Å². The summed E-state index contributed by atoms with van der Waals surface area (Å²) in [5.74, 6) is 0.607. The summed E-state index contributed by atoms with van der Waals surface area (Å²) >= 11 is 0. The third-order valence-electron chi connectivity index (χ3n) is 3.70. The number of nitrogens with zero attached hydrogens (tertiary/aromatic N) is 2. The predicted octanol–water partition coefficient (Wildman–Crippen LogP) is 2.62. The Hall–Kier alpha value is -1.32. The summed E-state index contributed by atoms with van der Waals surface area (Å²) in [5.41, 5.74) is 1.63. The Kier molecular flexibility index (Phi) is 4.04. The molecule has 0 unspecified atom stereocenters. The van der Waals surface area contributed by atoms with Crippen molar-refractivity contribution >= 4 is 5.91 Å². The second-order valence-electron chi connectivity index (χ2n) is 5.48. The van der Waals surface area contributed by atoms with Crippen LogP contribution < -0.4 is 0 Å². The molecule has 0 radical (unpaired) electrons. The van der Waals surface area contributed by atoms with Crippen molar-refractivity contribution < 1.29 is 4.79 Å². The first-order valence-electron chi connectivity index (χ1n) is 6.98. The Balaban J connectivity index is 2.10. The SMILES string of the molecule is CCCc1cc(C(=O)N2CCC[C@H]2C(C)C)n[nH]1. The zero-order chi connectivity index (χ0) is 13.1. The average molecular weight is 249 g/mol. The molecule has 0 aromatic carbocycles. The van der Waals surface area contributed by atoms with Gasteiger partial charge in [0.2, 0.25) is 0 Å². The summed E-state index contributed by atoms with van der Waals surface area (Å²) in [5, 5.41) is 7.11. The normalized spacial score (nSPS) is 19.8. The number of aryl methyl sites for hydroxylation is 1. The summed E-state index contributed by atoms with van der Waals surface area (Å²) in [4.78, 5) is 14.4. The van der Waals surface area contributed by atoms with E-state index >= 15 is 0 Å². The number of rotatable bonds is 4. The largest absolute Gasteiger partial charge is 0.334 e. The van der Waals surface area contributed by atoms with Crippen molar-refractivity contribution in [1.82, 2.24) is 15.1 Å². The van der Waals surface area contributed by atoms with E-state index in [1.165, 1.54) is 0 Å². The van der Waals surface area contributed by atoms with Crippen molar-refractivity contribution in [3.63, 3.8) is 0 Å². The van der Waals surface area contributed by atoms with Crippen LogP contribution >= 0.6 is 0 Å². The van der Waals surface area contributed by atoms with E-state index in [0.29, 0.717) is 17.7 Å². The molecule has 1 saturated heterocycles. The second kappa shape index (κ2) is 5.55. The Bertz CT molecular complexity index is 411. The first-order chi connectivity index (χ1) is 8.63. The fraction of sp³-hybridized carbons (Fsp3) is 0.714. The van der Waals surface area contributed by atoms with Gasteiger partial charge in [0.1, 0.15) is 5.69 Å². The molecule has 1 N–H and O–H groups in total. The first kappa shape index (κ1) is 13.1. The van der Waals surface area contributed by atoms with Gasteiger partial charge in [-0.25, -0.2) is 0 Å². The Morgan fingerprint density at radius 1 is 1.61 bits per heavy atom. The van der Waals surface area contributed by atoms with Gasteiger partial charge in [0.25, 0.3) is 5.91 Å². The number of aromatic nitrogens is 2. The number of carbonyl (C=O) groups is 1. The van der Waals surface area contributed by atoms with Gasteiger partial charge in [-0.15, -0.1) is 0 Å². The molecule has 1 aliphatic heterocycles. The van der Waals surface area contributed by atoms with Gasteiger partial charge in [-0.3, -0.25) is 9.89 Å². The zero-order valence-electron chi connectivity index (χ0n) is 11.6. The molecule has 1 aromatic heterocycles. The van der Waals surface area contributed by atoms with Crippen molar-refractivity contribution in [2.45, 2.75) is 52.5 Å². The van der Waals surface area contributed by atoms with E-state index in [-0.39, 0.29) is 5.91 Å². The third-order valence-corrected chi connectivity index (χ3v) is 3.70. The average Bonchev–Trinajstić information content (AvgIpc) is 2.96. The lowest BCUT2D eigenvalue weighted by molar-refractivity contribution is 0.0695. The molecule has 4 heteroatoms. The third kappa shape index (κ3) is 2.57. The Morgan fingerprint density at radius 2 is 2.39 bits per heavy atom. The van der Waals surface area contributed by atoms with Gasteiger partial charge in [0, 0.05) is 18.3 Å². The van der Waals surface area contributed by atoms with Crippen LogP contribution in [0.2, 0.25) is 0 Å². The molecule has 1 aliphatic rings. The molecule has 1 aromatic rings. The van der Waals surface area contributed by atoms with Crippen LogP contribution in [0, 0.1) is 5.92 Å². The van der Waals surface area contributed by atoms with E-state index in [2.05, 4.69) is 31.0 Å². The summed E-state index contributed by atoms with van der Waals surface area (Å²) in [7, 11) is 0. The minimum absolute atomic E-state index is 0.0878. The monoisotopic (exact) mass is 249 g/mol. The van der Waals surface area contributed by atoms with Crippen LogP contribution in [0.15, 0.2) is 6.07 Å². The number of amides is 1. The van der Waals surface area contributed by atoms with Crippen molar-refractivity contribution in [2.75, 3.05) is 6.54 Å². The summed E-state index contributed by atoms with van der Waals surface area (Å²) in [6, 6.07) is 2.28. The lowest BCUT2D eigenvalue weighted by Crippen LogP contribution is -2.38. The standard InChI is InChI=1S/C14H23N3O/c1-4-6-11-9-12(16-15-11)14(18)17-8-5-7-13(17)10(2)3/h9-10,13H,4-8H2,1-3H3,(H,15,16)/t13-/m0/s1. The molecule has 2 rings (SSSR count). The molecule has 0 spiro atoms. The van der Waals surface area contributed by atoms with Crippen molar-refractivity contribution in [2.24, 2.45) is 5.92 Å². The maximum atomic E-state index is 12.4. The van der Waals surface area contributed by atoms with Crippen molar-refractivity contribution in [3.8, 4) is 0 Å². The highest BCUT2D eigenvalue weighted by Gasteiger charge is 2.32. The van der Waals surface area contributed by atoms with E-state index in [1.807, 2.05) is 11.0 Å². The number of H-pyrrole nitrogens is 1.